The maximum atomic E-state index is 13.2. The Morgan fingerprint density at radius 2 is 1.72 bits per heavy atom. The fourth-order valence-corrected chi connectivity index (χ4v) is 2.83. The van der Waals surface area contributed by atoms with Crippen molar-refractivity contribution < 1.29 is 8.78 Å². The van der Waals surface area contributed by atoms with Gasteiger partial charge in [-0.1, -0.05) is 32.1 Å². The lowest BCUT2D eigenvalue weighted by atomic mass is 9.83. The van der Waals surface area contributed by atoms with Crippen LogP contribution < -0.4 is 11.3 Å². The summed E-state index contributed by atoms with van der Waals surface area (Å²) < 4.78 is 26.4. The SMILES string of the molecule is NNC(CC1CCCCC1)c1cc(F)cc(F)c1. The Hall–Kier alpha value is -1.00. The van der Waals surface area contributed by atoms with Gasteiger partial charge < -0.3 is 0 Å². The fourth-order valence-electron chi connectivity index (χ4n) is 2.83. The van der Waals surface area contributed by atoms with Crippen LogP contribution in [0.4, 0.5) is 8.78 Å². The summed E-state index contributed by atoms with van der Waals surface area (Å²) in [6.45, 7) is 0. The smallest absolute Gasteiger partial charge is 0.126 e. The largest absolute Gasteiger partial charge is 0.271 e. The minimum atomic E-state index is -0.547. The normalized spacial score (nSPS) is 18.8. The molecule has 0 amide bonds. The summed E-state index contributed by atoms with van der Waals surface area (Å²) in [4.78, 5) is 0. The van der Waals surface area contributed by atoms with Gasteiger partial charge in [-0.2, -0.15) is 0 Å². The maximum absolute atomic E-state index is 13.2. The predicted molar refractivity (Wildman–Crippen MR) is 67.6 cm³/mol. The third-order valence-electron chi connectivity index (χ3n) is 3.78. The van der Waals surface area contributed by atoms with Crippen LogP contribution in [0.5, 0.6) is 0 Å². The van der Waals surface area contributed by atoms with E-state index in [-0.39, 0.29) is 6.04 Å². The molecule has 0 aromatic heterocycles. The Morgan fingerprint density at radius 3 is 2.28 bits per heavy atom. The van der Waals surface area contributed by atoms with E-state index in [9.17, 15) is 8.78 Å². The van der Waals surface area contributed by atoms with Crippen LogP contribution in [0.1, 0.15) is 50.1 Å². The molecule has 1 aliphatic rings. The van der Waals surface area contributed by atoms with Gasteiger partial charge in [-0.15, -0.1) is 0 Å². The number of hydrogen-bond acceptors (Lipinski definition) is 2. The fraction of sp³-hybridized carbons (Fsp3) is 0.571. The molecule has 2 rings (SSSR count). The molecule has 2 nitrogen and oxygen atoms in total. The Labute approximate surface area is 107 Å². The highest BCUT2D eigenvalue weighted by molar-refractivity contribution is 5.21. The molecule has 3 N–H and O–H groups in total. The van der Waals surface area contributed by atoms with E-state index in [1.807, 2.05) is 0 Å². The second-order valence-corrected chi connectivity index (χ2v) is 5.16. The molecule has 4 heteroatoms. The van der Waals surface area contributed by atoms with E-state index in [0.29, 0.717) is 11.5 Å². The Bertz CT molecular complexity index is 369. The third kappa shape index (κ3) is 3.50. The highest BCUT2D eigenvalue weighted by Crippen LogP contribution is 2.31. The minimum absolute atomic E-state index is 0.168. The molecule has 0 heterocycles. The van der Waals surface area contributed by atoms with Crippen LogP contribution in [0.15, 0.2) is 18.2 Å². The second kappa shape index (κ2) is 6.25. The summed E-state index contributed by atoms with van der Waals surface area (Å²) in [7, 11) is 0. The molecule has 1 fully saturated rings. The van der Waals surface area contributed by atoms with Crippen molar-refractivity contribution in [1.82, 2.24) is 5.43 Å². The summed E-state index contributed by atoms with van der Waals surface area (Å²) in [6, 6.07) is 3.43. The van der Waals surface area contributed by atoms with E-state index in [4.69, 9.17) is 5.84 Å². The van der Waals surface area contributed by atoms with E-state index in [1.165, 1.54) is 44.2 Å². The molecule has 0 radical (unpaired) electrons. The van der Waals surface area contributed by atoms with E-state index in [2.05, 4.69) is 5.43 Å². The standard InChI is InChI=1S/C14H20F2N2/c15-12-7-11(8-13(16)9-12)14(18-17)6-10-4-2-1-3-5-10/h7-10,14,18H,1-6,17H2. The van der Waals surface area contributed by atoms with Crippen molar-refractivity contribution in [2.45, 2.75) is 44.6 Å². The Balaban J connectivity index is 2.06. The van der Waals surface area contributed by atoms with Crippen molar-refractivity contribution in [3.63, 3.8) is 0 Å². The third-order valence-corrected chi connectivity index (χ3v) is 3.78. The topological polar surface area (TPSA) is 38.0 Å². The van der Waals surface area contributed by atoms with Crippen LogP contribution in [0.25, 0.3) is 0 Å². The van der Waals surface area contributed by atoms with Crippen LogP contribution in [0, 0.1) is 17.6 Å². The van der Waals surface area contributed by atoms with Crippen LogP contribution >= 0.6 is 0 Å². The van der Waals surface area contributed by atoms with Crippen LogP contribution in [0.3, 0.4) is 0 Å². The quantitative estimate of drug-likeness (QED) is 0.638. The molecule has 1 aromatic rings. The molecule has 1 unspecified atom stereocenters. The Kier molecular flexibility index (Phi) is 4.66. The average Bonchev–Trinajstić information content (AvgIpc) is 2.36. The number of halogens is 2. The summed E-state index contributed by atoms with van der Waals surface area (Å²) in [6.07, 6.45) is 7.02. The molecular formula is C14H20F2N2. The van der Waals surface area contributed by atoms with Crippen molar-refractivity contribution in [3.05, 3.63) is 35.4 Å². The first kappa shape index (κ1) is 13.4. The van der Waals surface area contributed by atoms with Crippen molar-refractivity contribution in [2.75, 3.05) is 0 Å². The highest BCUT2D eigenvalue weighted by atomic mass is 19.1. The average molecular weight is 254 g/mol. The van der Waals surface area contributed by atoms with Gasteiger partial charge in [0, 0.05) is 12.1 Å². The zero-order chi connectivity index (χ0) is 13.0. The van der Waals surface area contributed by atoms with Crippen LogP contribution in [-0.4, -0.2) is 0 Å². The van der Waals surface area contributed by atoms with Gasteiger partial charge in [-0.25, -0.2) is 8.78 Å². The maximum Gasteiger partial charge on any atom is 0.126 e. The second-order valence-electron chi connectivity index (χ2n) is 5.16. The summed E-state index contributed by atoms with van der Waals surface area (Å²) in [5.41, 5.74) is 3.28. The minimum Gasteiger partial charge on any atom is -0.271 e. The molecule has 0 bridgehead atoms. The van der Waals surface area contributed by atoms with Gasteiger partial charge in [-0.3, -0.25) is 11.3 Å². The van der Waals surface area contributed by atoms with Crippen molar-refractivity contribution in [3.8, 4) is 0 Å². The van der Waals surface area contributed by atoms with Gasteiger partial charge in [0.1, 0.15) is 11.6 Å². The first-order chi connectivity index (χ1) is 8.69. The number of hydrogen-bond donors (Lipinski definition) is 2. The monoisotopic (exact) mass is 254 g/mol. The number of nitrogens with two attached hydrogens (primary N) is 1. The molecule has 1 saturated carbocycles. The van der Waals surface area contributed by atoms with Crippen molar-refractivity contribution in [1.29, 1.82) is 0 Å². The summed E-state index contributed by atoms with van der Waals surface area (Å²) in [5.74, 6) is 5.04. The van der Waals surface area contributed by atoms with Gasteiger partial charge in [0.2, 0.25) is 0 Å². The molecule has 0 spiro atoms. The lowest BCUT2D eigenvalue weighted by Crippen LogP contribution is -2.30. The van der Waals surface area contributed by atoms with E-state index in [0.717, 1.165) is 12.5 Å². The van der Waals surface area contributed by atoms with Crippen molar-refractivity contribution >= 4 is 0 Å². The molecule has 0 saturated heterocycles. The number of nitrogens with one attached hydrogen (secondary N) is 1. The van der Waals surface area contributed by atoms with Crippen molar-refractivity contribution in [2.24, 2.45) is 11.8 Å². The van der Waals surface area contributed by atoms with E-state index < -0.39 is 11.6 Å². The molecule has 1 aromatic carbocycles. The lowest BCUT2D eigenvalue weighted by Gasteiger charge is -2.26. The van der Waals surface area contributed by atoms with Gasteiger partial charge in [0.05, 0.1) is 0 Å². The summed E-state index contributed by atoms with van der Waals surface area (Å²) in [5, 5.41) is 0. The molecule has 1 aliphatic carbocycles. The number of benzene rings is 1. The molecule has 1 atom stereocenters. The van der Waals surface area contributed by atoms with Gasteiger partial charge in [-0.05, 0) is 30.0 Å². The first-order valence-electron chi connectivity index (χ1n) is 6.61. The van der Waals surface area contributed by atoms with Crippen LogP contribution in [0.2, 0.25) is 0 Å². The highest BCUT2D eigenvalue weighted by Gasteiger charge is 2.20. The zero-order valence-corrected chi connectivity index (χ0v) is 10.5. The molecular weight excluding hydrogens is 234 g/mol. The van der Waals surface area contributed by atoms with Crippen LogP contribution in [-0.2, 0) is 0 Å². The van der Waals surface area contributed by atoms with Gasteiger partial charge in [0.15, 0.2) is 0 Å². The van der Waals surface area contributed by atoms with Gasteiger partial charge in [0.25, 0.3) is 0 Å². The van der Waals surface area contributed by atoms with E-state index >= 15 is 0 Å². The molecule has 18 heavy (non-hydrogen) atoms. The first-order valence-corrected chi connectivity index (χ1v) is 6.61. The lowest BCUT2D eigenvalue weighted by molar-refractivity contribution is 0.300. The number of rotatable bonds is 4. The summed E-state index contributed by atoms with van der Waals surface area (Å²) >= 11 is 0. The molecule has 0 aliphatic heterocycles. The Morgan fingerprint density at radius 1 is 1.11 bits per heavy atom. The number of hydrazine groups is 1. The zero-order valence-electron chi connectivity index (χ0n) is 10.5. The molecule has 100 valence electrons. The van der Waals surface area contributed by atoms with E-state index in [1.54, 1.807) is 0 Å². The van der Waals surface area contributed by atoms with Gasteiger partial charge >= 0.3 is 0 Å². The predicted octanol–water partition coefficient (Wildman–Crippen LogP) is 3.44.